The molecule has 0 N–H and O–H groups in total. The molecule has 102 valence electrons. The van der Waals surface area contributed by atoms with Crippen LogP contribution >= 0.6 is 0 Å². The molecule has 0 radical (unpaired) electrons. The molecule has 0 bridgehead atoms. The van der Waals surface area contributed by atoms with Crippen LogP contribution in [0.1, 0.15) is 15.9 Å². The summed E-state index contributed by atoms with van der Waals surface area (Å²) in [6.07, 6.45) is 3.30. The highest BCUT2D eigenvalue weighted by Crippen LogP contribution is 2.23. The van der Waals surface area contributed by atoms with Crippen molar-refractivity contribution < 1.29 is 14.3 Å². The fourth-order valence-electron chi connectivity index (χ4n) is 1.80. The maximum absolute atomic E-state index is 12.0. The second kappa shape index (κ2) is 6.57. The molecule has 3 heteroatoms. The third-order valence-corrected chi connectivity index (χ3v) is 2.86. The largest absolute Gasteiger partial charge is 0.497 e. The van der Waals surface area contributed by atoms with Crippen LogP contribution in [0, 0.1) is 0 Å². The Morgan fingerprint density at radius 2 is 1.55 bits per heavy atom. The molecule has 0 aliphatic rings. The van der Waals surface area contributed by atoms with Gasteiger partial charge < -0.3 is 9.47 Å². The number of carbonyl (C=O) groups excluding carboxylic acids is 1. The third kappa shape index (κ3) is 3.48. The molecule has 0 saturated heterocycles. The number of ether oxygens (including phenoxy) is 2. The first-order chi connectivity index (χ1) is 9.72. The van der Waals surface area contributed by atoms with E-state index in [-0.39, 0.29) is 5.78 Å². The summed E-state index contributed by atoms with van der Waals surface area (Å²) in [5.74, 6) is 1.35. The maximum atomic E-state index is 12.0. The van der Waals surface area contributed by atoms with Crippen molar-refractivity contribution in [2.45, 2.75) is 0 Å². The Morgan fingerprint density at radius 3 is 2.10 bits per heavy atom. The predicted molar refractivity (Wildman–Crippen MR) is 79.4 cm³/mol. The summed E-state index contributed by atoms with van der Waals surface area (Å²) >= 11 is 0. The molecule has 0 unspecified atom stereocenters. The van der Waals surface area contributed by atoms with E-state index in [0.717, 1.165) is 5.56 Å². The Bertz CT molecular complexity index is 593. The van der Waals surface area contributed by atoms with Crippen molar-refractivity contribution in [3.05, 3.63) is 65.7 Å². The molecule has 0 aliphatic heterocycles. The van der Waals surface area contributed by atoms with Gasteiger partial charge in [0.05, 0.1) is 14.2 Å². The number of allylic oxidation sites excluding steroid dienone is 1. The first-order valence-electron chi connectivity index (χ1n) is 6.23. The standard InChI is InChI=1S/C17H16O3/c1-19-15-10-13(11-16(12-15)20-2)8-9-17(18)14-6-4-3-5-7-14/h3-12H,1-2H3. The topological polar surface area (TPSA) is 35.5 Å². The van der Waals surface area contributed by atoms with Crippen molar-refractivity contribution in [3.8, 4) is 11.5 Å². The van der Waals surface area contributed by atoms with Gasteiger partial charge in [-0.05, 0) is 23.8 Å². The molecule has 2 aromatic rings. The van der Waals surface area contributed by atoms with Gasteiger partial charge in [0.1, 0.15) is 11.5 Å². The minimum atomic E-state index is -0.0348. The monoisotopic (exact) mass is 268 g/mol. The normalized spacial score (nSPS) is 10.5. The van der Waals surface area contributed by atoms with Gasteiger partial charge in [0.2, 0.25) is 0 Å². The van der Waals surface area contributed by atoms with E-state index in [0.29, 0.717) is 17.1 Å². The fourth-order valence-corrected chi connectivity index (χ4v) is 1.80. The summed E-state index contributed by atoms with van der Waals surface area (Å²) in [6, 6.07) is 14.6. The van der Waals surface area contributed by atoms with Crippen molar-refractivity contribution in [1.29, 1.82) is 0 Å². The molecule has 0 aliphatic carbocycles. The molecule has 20 heavy (non-hydrogen) atoms. The highest BCUT2D eigenvalue weighted by atomic mass is 16.5. The lowest BCUT2D eigenvalue weighted by Gasteiger charge is -2.05. The van der Waals surface area contributed by atoms with Crippen LogP contribution in [0.2, 0.25) is 0 Å². The van der Waals surface area contributed by atoms with Crippen LogP contribution < -0.4 is 9.47 Å². The van der Waals surface area contributed by atoms with E-state index in [1.165, 1.54) is 0 Å². The van der Waals surface area contributed by atoms with Gasteiger partial charge >= 0.3 is 0 Å². The van der Waals surface area contributed by atoms with E-state index < -0.39 is 0 Å². The molecule has 3 nitrogen and oxygen atoms in total. The Labute approximate surface area is 118 Å². The molecule has 0 saturated carbocycles. The Balaban J connectivity index is 2.21. The van der Waals surface area contributed by atoms with E-state index in [1.807, 2.05) is 30.3 Å². The molecule has 2 aromatic carbocycles. The van der Waals surface area contributed by atoms with Gasteiger partial charge in [0.25, 0.3) is 0 Å². The van der Waals surface area contributed by atoms with Crippen LogP contribution in [0.25, 0.3) is 6.08 Å². The van der Waals surface area contributed by atoms with Gasteiger partial charge in [-0.2, -0.15) is 0 Å². The molecule has 0 fully saturated rings. The zero-order valence-electron chi connectivity index (χ0n) is 11.5. The lowest BCUT2D eigenvalue weighted by atomic mass is 10.1. The van der Waals surface area contributed by atoms with Gasteiger partial charge in [0, 0.05) is 11.6 Å². The summed E-state index contributed by atoms with van der Waals surface area (Å²) in [6.45, 7) is 0. The molecule has 0 amide bonds. The minimum absolute atomic E-state index is 0.0348. The van der Waals surface area contributed by atoms with Crippen LogP contribution in [0.5, 0.6) is 11.5 Å². The summed E-state index contributed by atoms with van der Waals surface area (Å²) in [5, 5.41) is 0. The fraction of sp³-hybridized carbons (Fsp3) is 0.118. The minimum Gasteiger partial charge on any atom is -0.497 e. The second-order valence-corrected chi connectivity index (χ2v) is 4.21. The lowest BCUT2D eigenvalue weighted by Crippen LogP contribution is -1.93. The zero-order chi connectivity index (χ0) is 14.4. The van der Waals surface area contributed by atoms with Crippen molar-refractivity contribution in [2.24, 2.45) is 0 Å². The zero-order valence-corrected chi connectivity index (χ0v) is 11.5. The molecule has 2 rings (SSSR count). The van der Waals surface area contributed by atoms with E-state index in [1.54, 1.807) is 44.6 Å². The van der Waals surface area contributed by atoms with E-state index in [4.69, 9.17) is 9.47 Å². The highest BCUT2D eigenvalue weighted by molar-refractivity contribution is 6.06. The SMILES string of the molecule is COc1cc(C=CC(=O)c2ccccc2)cc(OC)c1. The summed E-state index contributed by atoms with van der Waals surface area (Å²) in [4.78, 5) is 12.0. The first kappa shape index (κ1) is 13.9. The number of methoxy groups -OCH3 is 2. The molecular weight excluding hydrogens is 252 g/mol. The lowest BCUT2D eigenvalue weighted by molar-refractivity contribution is 0.104. The quantitative estimate of drug-likeness (QED) is 0.614. The van der Waals surface area contributed by atoms with E-state index in [2.05, 4.69) is 0 Å². The summed E-state index contributed by atoms with van der Waals surface area (Å²) in [7, 11) is 3.19. The highest BCUT2D eigenvalue weighted by Gasteiger charge is 2.02. The Kier molecular flexibility index (Phi) is 4.56. The molecule has 0 atom stereocenters. The number of ketones is 1. The van der Waals surface area contributed by atoms with Gasteiger partial charge in [-0.3, -0.25) is 4.79 Å². The average molecular weight is 268 g/mol. The molecule has 0 heterocycles. The first-order valence-corrected chi connectivity index (χ1v) is 6.23. The summed E-state index contributed by atoms with van der Waals surface area (Å²) < 4.78 is 10.4. The number of hydrogen-bond donors (Lipinski definition) is 0. The van der Waals surface area contributed by atoms with Gasteiger partial charge in [0.15, 0.2) is 5.78 Å². The van der Waals surface area contributed by atoms with Crippen LogP contribution in [0.15, 0.2) is 54.6 Å². The average Bonchev–Trinajstić information content (AvgIpc) is 2.53. The van der Waals surface area contributed by atoms with Gasteiger partial charge in [-0.1, -0.05) is 36.4 Å². The Hall–Kier alpha value is -2.55. The van der Waals surface area contributed by atoms with Crippen molar-refractivity contribution >= 4 is 11.9 Å². The van der Waals surface area contributed by atoms with E-state index in [9.17, 15) is 4.79 Å². The van der Waals surface area contributed by atoms with Crippen LogP contribution in [0.3, 0.4) is 0 Å². The van der Waals surface area contributed by atoms with Crippen molar-refractivity contribution in [1.82, 2.24) is 0 Å². The van der Waals surface area contributed by atoms with Crippen molar-refractivity contribution in [3.63, 3.8) is 0 Å². The number of carbonyl (C=O) groups is 1. The van der Waals surface area contributed by atoms with Gasteiger partial charge in [-0.25, -0.2) is 0 Å². The predicted octanol–water partition coefficient (Wildman–Crippen LogP) is 3.60. The smallest absolute Gasteiger partial charge is 0.185 e. The summed E-state index contributed by atoms with van der Waals surface area (Å²) in [5.41, 5.74) is 1.52. The Morgan fingerprint density at radius 1 is 0.950 bits per heavy atom. The number of benzene rings is 2. The van der Waals surface area contributed by atoms with Crippen LogP contribution in [0.4, 0.5) is 0 Å². The molecular formula is C17H16O3. The van der Waals surface area contributed by atoms with E-state index >= 15 is 0 Å². The van der Waals surface area contributed by atoms with Crippen LogP contribution in [-0.4, -0.2) is 20.0 Å². The number of hydrogen-bond acceptors (Lipinski definition) is 3. The maximum Gasteiger partial charge on any atom is 0.185 e. The number of rotatable bonds is 5. The molecule has 0 spiro atoms. The van der Waals surface area contributed by atoms with Gasteiger partial charge in [-0.15, -0.1) is 0 Å². The van der Waals surface area contributed by atoms with Crippen LogP contribution in [-0.2, 0) is 0 Å². The second-order valence-electron chi connectivity index (χ2n) is 4.21. The third-order valence-electron chi connectivity index (χ3n) is 2.86. The molecule has 0 aromatic heterocycles. The van der Waals surface area contributed by atoms with Crippen molar-refractivity contribution in [2.75, 3.05) is 14.2 Å².